The molecule has 4 aliphatic carbocycles. The van der Waals surface area contributed by atoms with Gasteiger partial charge < -0.3 is 0 Å². The summed E-state index contributed by atoms with van der Waals surface area (Å²) in [7, 11) is 0. The van der Waals surface area contributed by atoms with E-state index in [4.69, 9.17) is 0 Å². The topological polar surface area (TPSA) is 17.1 Å². The van der Waals surface area contributed by atoms with E-state index in [0.29, 0.717) is 16.6 Å². The lowest BCUT2D eigenvalue weighted by Gasteiger charge is -2.57. The second-order valence-electron chi connectivity index (χ2n) is 8.55. The van der Waals surface area contributed by atoms with Crippen LogP contribution in [0.15, 0.2) is 23.3 Å². The second kappa shape index (κ2) is 4.33. The molecule has 0 bridgehead atoms. The molecule has 0 aromatic heterocycles. The van der Waals surface area contributed by atoms with Gasteiger partial charge in [0.1, 0.15) is 0 Å². The van der Waals surface area contributed by atoms with Crippen molar-refractivity contribution in [1.29, 1.82) is 0 Å². The predicted molar refractivity (Wildman–Crippen MR) is 85.9 cm³/mol. The molecular formula is C20H28O. The Balaban J connectivity index is 1.70. The van der Waals surface area contributed by atoms with Crippen molar-refractivity contribution in [2.24, 2.45) is 28.6 Å². The van der Waals surface area contributed by atoms with Crippen molar-refractivity contribution >= 4 is 5.78 Å². The molecule has 1 nitrogen and oxygen atoms in total. The number of fused-ring (bicyclic) bond motifs is 5. The molecule has 0 amide bonds. The zero-order chi connectivity index (χ0) is 14.8. The Kier molecular flexibility index (Phi) is 2.85. The molecule has 21 heavy (non-hydrogen) atoms. The molecule has 0 radical (unpaired) electrons. The monoisotopic (exact) mass is 284 g/mol. The number of ketones is 1. The minimum atomic E-state index is 0.328. The standard InChI is InChI=1S/C20H28O/c1-13-4-7-17-16-6-5-14-12-15(21)8-10-20(14,3)18(16)9-11-19(13,17)2/h4,12,16-18H,5-11H2,1-3H3/t16?,17-,18-,19?,20+/m1/s1. The van der Waals surface area contributed by atoms with Crippen molar-refractivity contribution in [3.05, 3.63) is 23.3 Å². The Bertz CT molecular complexity index is 554. The largest absolute Gasteiger partial charge is 0.295 e. The first kappa shape index (κ1) is 13.8. The molecular weight excluding hydrogens is 256 g/mol. The van der Waals surface area contributed by atoms with Crippen LogP contribution in [0.3, 0.4) is 0 Å². The average molecular weight is 284 g/mol. The lowest BCUT2D eigenvalue weighted by molar-refractivity contribution is -0.117. The van der Waals surface area contributed by atoms with E-state index >= 15 is 0 Å². The summed E-state index contributed by atoms with van der Waals surface area (Å²) in [4.78, 5) is 11.8. The van der Waals surface area contributed by atoms with E-state index in [2.05, 4.69) is 26.8 Å². The SMILES string of the molecule is CC1=CC[C@@H]2C3CCC4=CC(=O)CC[C@]4(C)[C@@H]3CCC12C. The highest BCUT2D eigenvalue weighted by atomic mass is 16.1. The summed E-state index contributed by atoms with van der Waals surface area (Å²) >= 11 is 0. The number of carbonyl (C=O) groups is 1. The van der Waals surface area contributed by atoms with Gasteiger partial charge in [-0.05, 0) is 80.1 Å². The van der Waals surface area contributed by atoms with Crippen LogP contribution < -0.4 is 0 Å². The van der Waals surface area contributed by atoms with E-state index in [0.717, 1.165) is 30.6 Å². The predicted octanol–water partition coefficient (Wildman–Crippen LogP) is 5.07. The van der Waals surface area contributed by atoms with Gasteiger partial charge in [0, 0.05) is 6.42 Å². The molecule has 114 valence electrons. The van der Waals surface area contributed by atoms with Gasteiger partial charge in [0.2, 0.25) is 0 Å². The maximum absolute atomic E-state index is 11.8. The van der Waals surface area contributed by atoms with Crippen LogP contribution in [0, 0.1) is 28.6 Å². The van der Waals surface area contributed by atoms with E-state index in [1.54, 1.807) is 5.57 Å². The van der Waals surface area contributed by atoms with Crippen molar-refractivity contribution in [3.8, 4) is 0 Å². The van der Waals surface area contributed by atoms with E-state index in [9.17, 15) is 4.79 Å². The normalized spacial score (nSPS) is 48.9. The van der Waals surface area contributed by atoms with Gasteiger partial charge >= 0.3 is 0 Å². The fourth-order valence-corrected chi connectivity index (χ4v) is 6.34. The number of hydrogen-bond donors (Lipinski definition) is 0. The van der Waals surface area contributed by atoms with Gasteiger partial charge in [-0.15, -0.1) is 0 Å². The molecule has 4 aliphatic rings. The minimum absolute atomic E-state index is 0.328. The van der Waals surface area contributed by atoms with Gasteiger partial charge in [0.25, 0.3) is 0 Å². The highest BCUT2D eigenvalue weighted by Gasteiger charge is 2.56. The molecule has 2 saturated carbocycles. The van der Waals surface area contributed by atoms with Crippen LogP contribution in [0.2, 0.25) is 0 Å². The smallest absolute Gasteiger partial charge is 0.155 e. The minimum Gasteiger partial charge on any atom is -0.295 e. The number of allylic oxidation sites excluding steroid dienone is 4. The van der Waals surface area contributed by atoms with Crippen LogP contribution in [0.4, 0.5) is 0 Å². The molecule has 2 fully saturated rings. The van der Waals surface area contributed by atoms with Crippen LogP contribution >= 0.6 is 0 Å². The zero-order valence-electron chi connectivity index (χ0n) is 13.7. The Hall–Kier alpha value is -0.850. The summed E-state index contributed by atoms with van der Waals surface area (Å²) in [5.41, 5.74) is 3.94. The molecule has 0 aromatic rings. The zero-order valence-corrected chi connectivity index (χ0v) is 13.7. The van der Waals surface area contributed by atoms with Crippen molar-refractivity contribution in [3.63, 3.8) is 0 Å². The lowest BCUT2D eigenvalue weighted by Crippen LogP contribution is -2.49. The van der Waals surface area contributed by atoms with Gasteiger partial charge in [0.05, 0.1) is 0 Å². The van der Waals surface area contributed by atoms with Crippen LogP contribution in [0.25, 0.3) is 0 Å². The van der Waals surface area contributed by atoms with Crippen LogP contribution in [0.1, 0.15) is 65.7 Å². The Labute approximate surface area is 128 Å². The summed E-state index contributed by atoms with van der Waals surface area (Å²) in [6.45, 7) is 7.35. The number of carbonyl (C=O) groups excluding carboxylic acids is 1. The maximum Gasteiger partial charge on any atom is 0.155 e. The molecule has 2 unspecified atom stereocenters. The van der Waals surface area contributed by atoms with Gasteiger partial charge in [-0.3, -0.25) is 4.79 Å². The third-order valence-electron chi connectivity index (χ3n) is 7.93. The molecule has 4 rings (SSSR count). The van der Waals surface area contributed by atoms with E-state index < -0.39 is 0 Å². The van der Waals surface area contributed by atoms with Gasteiger partial charge in [-0.2, -0.15) is 0 Å². The fourth-order valence-electron chi connectivity index (χ4n) is 6.34. The summed E-state index contributed by atoms with van der Waals surface area (Å²) in [6.07, 6.45) is 12.9. The van der Waals surface area contributed by atoms with E-state index in [1.807, 2.05) is 6.08 Å². The fraction of sp³-hybridized carbons (Fsp3) is 0.750. The van der Waals surface area contributed by atoms with Crippen LogP contribution in [-0.4, -0.2) is 5.78 Å². The Morgan fingerprint density at radius 1 is 1.05 bits per heavy atom. The van der Waals surface area contributed by atoms with Crippen molar-refractivity contribution in [1.82, 2.24) is 0 Å². The highest BCUT2D eigenvalue weighted by molar-refractivity contribution is 5.91. The molecule has 0 spiro atoms. The average Bonchev–Trinajstić information content (AvgIpc) is 2.76. The Morgan fingerprint density at radius 2 is 1.86 bits per heavy atom. The molecule has 1 heteroatoms. The first-order valence-corrected chi connectivity index (χ1v) is 8.86. The van der Waals surface area contributed by atoms with E-state index in [1.165, 1.54) is 37.7 Å². The second-order valence-corrected chi connectivity index (χ2v) is 8.55. The summed E-state index contributed by atoms with van der Waals surface area (Å²) in [6, 6.07) is 0. The number of rotatable bonds is 0. The number of hydrogen-bond acceptors (Lipinski definition) is 1. The molecule has 0 heterocycles. The quantitative estimate of drug-likeness (QED) is 0.567. The third kappa shape index (κ3) is 1.72. The summed E-state index contributed by atoms with van der Waals surface area (Å²) < 4.78 is 0. The van der Waals surface area contributed by atoms with Crippen molar-refractivity contribution < 1.29 is 4.79 Å². The summed E-state index contributed by atoms with van der Waals surface area (Å²) in [5.74, 6) is 2.95. The summed E-state index contributed by atoms with van der Waals surface area (Å²) in [5, 5.41) is 0. The van der Waals surface area contributed by atoms with Gasteiger partial charge in [-0.25, -0.2) is 0 Å². The van der Waals surface area contributed by atoms with E-state index in [-0.39, 0.29) is 0 Å². The van der Waals surface area contributed by atoms with Crippen molar-refractivity contribution in [2.75, 3.05) is 0 Å². The van der Waals surface area contributed by atoms with Gasteiger partial charge in [-0.1, -0.05) is 31.1 Å². The molecule has 0 aromatic carbocycles. The lowest BCUT2D eigenvalue weighted by atomic mass is 9.47. The van der Waals surface area contributed by atoms with Crippen molar-refractivity contribution in [2.45, 2.75) is 65.7 Å². The third-order valence-corrected chi connectivity index (χ3v) is 7.93. The highest BCUT2D eigenvalue weighted by Crippen LogP contribution is 2.65. The Morgan fingerprint density at radius 3 is 2.67 bits per heavy atom. The van der Waals surface area contributed by atoms with Gasteiger partial charge in [0.15, 0.2) is 5.78 Å². The van der Waals surface area contributed by atoms with Crippen LogP contribution in [-0.2, 0) is 4.79 Å². The first-order valence-electron chi connectivity index (χ1n) is 8.86. The van der Waals surface area contributed by atoms with Crippen LogP contribution in [0.5, 0.6) is 0 Å². The molecule has 5 atom stereocenters. The molecule has 0 N–H and O–H groups in total. The molecule has 0 saturated heterocycles. The first-order chi connectivity index (χ1) is 9.95. The maximum atomic E-state index is 11.8. The molecule has 0 aliphatic heterocycles.